The van der Waals surface area contributed by atoms with Gasteiger partial charge in [-0.2, -0.15) is 17.0 Å². The van der Waals surface area contributed by atoms with Crippen molar-refractivity contribution in [2.45, 2.75) is 32.7 Å². The Morgan fingerprint density at radius 3 is 2.33 bits per heavy atom. The molecule has 0 N–H and O–H groups in total. The van der Waals surface area contributed by atoms with Gasteiger partial charge in [-0.1, -0.05) is 19.1 Å². The summed E-state index contributed by atoms with van der Waals surface area (Å²) in [5, 5.41) is 1.11. The van der Waals surface area contributed by atoms with Gasteiger partial charge in [-0.05, 0) is 37.8 Å². The van der Waals surface area contributed by atoms with Crippen LogP contribution in [-0.4, -0.2) is 66.2 Å². The highest BCUT2D eigenvalue weighted by Gasteiger charge is 2.35. The molecule has 2 fully saturated rings. The van der Waals surface area contributed by atoms with Gasteiger partial charge in [0.15, 0.2) is 0 Å². The van der Waals surface area contributed by atoms with Gasteiger partial charge >= 0.3 is 0 Å². The van der Waals surface area contributed by atoms with Crippen molar-refractivity contribution in [3.63, 3.8) is 0 Å². The first-order valence-corrected chi connectivity index (χ1v) is 12.0. The Hall–Kier alpha value is -1.06. The Balaban J connectivity index is 1.39. The van der Waals surface area contributed by atoms with Crippen LogP contribution < -0.4 is 0 Å². The van der Waals surface area contributed by atoms with E-state index in [0.717, 1.165) is 36.5 Å². The number of fused-ring (bicyclic) bond motifs is 1. The molecule has 0 bridgehead atoms. The fourth-order valence-corrected chi connectivity index (χ4v) is 6.60. The largest absolute Gasteiger partial charge is 0.292 e. The topological polar surface area (TPSA) is 56.8 Å². The standard InChI is InChI=1S/C19H28N4O2S2/c1-15-7-9-22(10-8-15)27(24,25)23-13-11-21(12-14-23)16(2)19-20-17-5-3-4-6-18(17)26-19/h3-6,15-16H,7-14H2,1-2H3. The average Bonchev–Trinajstić information content (AvgIpc) is 3.12. The SMILES string of the molecule is CC1CCN(S(=O)(=O)N2CCN(C(C)c3nc4ccccc4s3)CC2)CC1. The Kier molecular flexibility index (Phi) is 5.53. The van der Waals surface area contributed by atoms with Crippen LogP contribution in [-0.2, 0) is 10.2 Å². The third kappa shape index (κ3) is 3.91. The average molecular weight is 409 g/mol. The molecule has 0 spiro atoms. The Bertz CT molecular complexity index is 849. The molecule has 0 amide bonds. The van der Waals surface area contributed by atoms with Crippen LogP contribution in [0.5, 0.6) is 0 Å². The van der Waals surface area contributed by atoms with Crippen LogP contribution in [0, 0.1) is 5.92 Å². The number of piperidine rings is 1. The summed E-state index contributed by atoms with van der Waals surface area (Å²) in [5.74, 6) is 0.628. The molecule has 148 valence electrons. The summed E-state index contributed by atoms with van der Waals surface area (Å²) >= 11 is 1.74. The molecule has 6 nitrogen and oxygen atoms in total. The molecule has 2 aliphatic rings. The first-order chi connectivity index (χ1) is 12.9. The maximum absolute atomic E-state index is 12.9. The third-order valence-corrected chi connectivity index (χ3v) is 9.13. The van der Waals surface area contributed by atoms with E-state index < -0.39 is 10.2 Å². The number of para-hydroxylation sites is 1. The molecule has 4 rings (SSSR count). The number of hydrogen-bond donors (Lipinski definition) is 0. The van der Waals surface area contributed by atoms with Crippen LogP contribution in [0.15, 0.2) is 24.3 Å². The summed E-state index contributed by atoms with van der Waals surface area (Å²) in [5.41, 5.74) is 1.05. The van der Waals surface area contributed by atoms with Crippen molar-refractivity contribution in [1.29, 1.82) is 0 Å². The molecule has 2 aromatic rings. The minimum atomic E-state index is -3.32. The van der Waals surface area contributed by atoms with E-state index in [-0.39, 0.29) is 6.04 Å². The third-order valence-electron chi connectivity index (χ3n) is 5.88. The summed E-state index contributed by atoms with van der Waals surface area (Å²) in [6, 6.07) is 8.42. The highest BCUT2D eigenvalue weighted by Crippen LogP contribution is 2.30. The zero-order valence-electron chi connectivity index (χ0n) is 16.0. The summed E-state index contributed by atoms with van der Waals surface area (Å²) in [7, 11) is -3.32. The number of nitrogens with zero attached hydrogens (tertiary/aromatic N) is 4. The van der Waals surface area contributed by atoms with Crippen molar-refractivity contribution in [1.82, 2.24) is 18.5 Å². The van der Waals surface area contributed by atoms with E-state index in [4.69, 9.17) is 4.98 Å². The van der Waals surface area contributed by atoms with Crippen LogP contribution in [0.2, 0.25) is 0 Å². The van der Waals surface area contributed by atoms with Gasteiger partial charge in [-0.25, -0.2) is 4.98 Å². The van der Waals surface area contributed by atoms with Crippen LogP contribution in [0.25, 0.3) is 10.2 Å². The van der Waals surface area contributed by atoms with Gasteiger partial charge in [0.2, 0.25) is 0 Å². The van der Waals surface area contributed by atoms with E-state index in [1.54, 1.807) is 19.9 Å². The molecule has 2 saturated heterocycles. The maximum atomic E-state index is 12.9. The minimum absolute atomic E-state index is 0.211. The molecule has 0 saturated carbocycles. The molecular formula is C19H28N4O2S2. The van der Waals surface area contributed by atoms with Crippen LogP contribution >= 0.6 is 11.3 Å². The van der Waals surface area contributed by atoms with Gasteiger partial charge in [0.05, 0.1) is 16.3 Å². The van der Waals surface area contributed by atoms with Crippen LogP contribution in [0.4, 0.5) is 0 Å². The van der Waals surface area contributed by atoms with Crippen molar-refractivity contribution < 1.29 is 8.42 Å². The summed E-state index contributed by atoms with van der Waals surface area (Å²) < 4.78 is 30.4. The number of benzene rings is 1. The molecule has 1 aromatic heterocycles. The van der Waals surface area contributed by atoms with Crippen LogP contribution in [0.1, 0.15) is 37.7 Å². The summed E-state index contributed by atoms with van der Waals surface area (Å²) in [6.45, 7) is 8.31. The van der Waals surface area contributed by atoms with Gasteiger partial charge in [-0.15, -0.1) is 11.3 Å². The summed E-state index contributed by atoms with van der Waals surface area (Å²) in [4.78, 5) is 7.12. The fourth-order valence-electron chi connectivity index (χ4n) is 3.93. The zero-order chi connectivity index (χ0) is 19.0. The van der Waals surface area contributed by atoms with Gasteiger partial charge in [0, 0.05) is 39.3 Å². The van der Waals surface area contributed by atoms with Crippen LogP contribution in [0.3, 0.4) is 0 Å². The lowest BCUT2D eigenvalue weighted by Gasteiger charge is -2.40. The molecule has 1 atom stereocenters. The Morgan fingerprint density at radius 2 is 1.67 bits per heavy atom. The highest BCUT2D eigenvalue weighted by molar-refractivity contribution is 7.86. The Morgan fingerprint density at radius 1 is 1.04 bits per heavy atom. The van der Waals surface area contributed by atoms with Crippen molar-refractivity contribution in [2.75, 3.05) is 39.3 Å². The second-order valence-electron chi connectivity index (χ2n) is 7.72. The van der Waals surface area contributed by atoms with E-state index in [1.807, 2.05) is 18.2 Å². The van der Waals surface area contributed by atoms with E-state index >= 15 is 0 Å². The normalized spacial score (nSPS) is 23.0. The van der Waals surface area contributed by atoms with Crippen molar-refractivity contribution >= 4 is 31.8 Å². The van der Waals surface area contributed by atoms with Gasteiger partial charge < -0.3 is 0 Å². The Labute approximate surface area is 166 Å². The van der Waals surface area contributed by atoms with Crippen molar-refractivity contribution in [2.24, 2.45) is 5.92 Å². The van der Waals surface area contributed by atoms with E-state index in [0.29, 0.717) is 32.1 Å². The second-order valence-corrected chi connectivity index (χ2v) is 10.7. The molecule has 1 unspecified atom stereocenters. The molecule has 27 heavy (non-hydrogen) atoms. The predicted octanol–water partition coefficient (Wildman–Crippen LogP) is 2.95. The lowest BCUT2D eigenvalue weighted by atomic mass is 10.0. The maximum Gasteiger partial charge on any atom is 0.282 e. The first kappa shape index (κ1) is 19.3. The molecule has 8 heteroatoms. The number of aromatic nitrogens is 1. The predicted molar refractivity (Wildman–Crippen MR) is 110 cm³/mol. The minimum Gasteiger partial charge on any atom is -0.292 e. The number of piperazine rings is 1. The van der Waals surface area contributed by atoms with Gasteiger partial charge in [-0.3, -0.25) is 4.90 Å². The fraction of sp³-hybridized carbons (Fsp3) is 0.632. The smallest absolute Gasteiger partial charge is 0.282 e. The molecule has 1 aromatic carbocycles. The van der Waals surface area contributed by atoms with Crippen molar-refractivity contribution in [3.05, 3.63) is 29.3 Å². The molecule has 0 aliphatic carbocycles. The van der Waals surface area contributed by atoms with E-state index in [9.17, 15) is 8.42 Å². The van der Waals surface area contributed by atoms with E-state index in [1.165, 1.54) is 4.70 Å². The van der Waals surface area contributed by atoms with Gasteiger partial charge in [0.1, 0.15) is 5.01 Å². The quantitative estimate of drug-likeness (QED) is 0.780. The van der Waals surface area contributed by atoms with Crippen molar-refractivity contribution in [3.8, 4) is 0 Å². The number of hydrogen-bond acceptors (Lipinski definition) is 5. The number of rotatable bonds is 4. The zero-order valence-corrected chi connectivity index (χ0v) is 17.7. The second kappa shape index (κ2) is 7.75. The number of thiazole rings is 1. The molecular weight excluding hydrogens is 380 g/mol. The first-order valence-electron chi connectivity index (χ1n) is 9.80. The van der Waals surface area contributed by atoms with E-state index in [2.05, 4.69) is 24.8 Å². The van der Waals surface area contributed by atoms with Gasteiger partial charge in [0.25, 0.3) is 10.2 Å². The lowest BCUT2D eigenvalue weighted by Crippen LogP contribution is -2.54. The molecule has 2 aliphatic heterocycles. The lowest BCUT2D eigenvalue weighted by molar-refractivity contribution is 0.139. The highest BCUT2D eigenvalue weighted by atomic mass is 32.2. The summed E-state index contributed by atoms with van der Waals surface area (Å²) in [6.07, 6.45) is 1.93. The molecule has 0 radical (unpaired) electrons. The monoisotopic (exact) mass is 408 g/mol. The molecule has 3 heterocycles.